The number of aromatic nitrogens is 2. The molecule has 1 aliphatic rings. The van der Waals surface area contributed by atoms with Gasteiger partial charge in [0.15, 0.2) is 0 Å². The van der Waals surface area contributed by atoms with Crippen molar-refractivity contribution in [2.75, 3.05) is 26.2 Å². The molecule has 2 aromatic rings. The van der Waals surface area contributed by atoms with E-state index in [4.69, 9.17) is 4.74 Å². The third-order valence-electron chi connectivity index (χ3n) is 4.13. The summed E-state index contributed by atoms with van der Waals surface area (Å²) in [5.41, 5.74) is 1.54. The zero-order valence-electron chi connectivity index (χ0n) is 13.1. The molecule has 0 amide bonds. The molecule has 7 heteroatoms. The number of rotatable bonds is 6. The van der Waals surface area contributed by atoms with E-state index in [1.54, 1.807) is 23.0 Å². The largest absolute Gasteiger partial charge is 0.492 e. The Balaban J connectivity index is 1.80. The minimum Gasteiger partial charge on any atom is -0.492 e. The van der Waals surface area contributed by atoms with Crippen LogP contribution < -0.4 is 4.74 Å². The van der Waals surface area contributed by atoms with Crippen LogP contribution in [0.5, 0.6) is 5.75 Å². The highest BCUT2D eigenvalue weighted by Gasteiger charge is 2.16. The number of nitro benzene ring substituents is 1. The highest BCUT2D eigenvalue weighted by Crippen LogP contribution is 2.33. The molecule has 0 bridgehead atoms. The van der Waals surface area contributed by atoms with Gasteiger partial charge in [-0.3, -0.25) is 19.7 Å². The molecule has 0 spiro atoms. The first-order valence-corrected chi connectivity index (χ1v) is 7.77. The fraction of sp³-hybridized carbons (Fsp3) is 0.438. The molecule has 1 fully saturated rings. The average molecular weight is 316 g/mol. The summed E-state index contributed by atoms with van der Waals surface area (Å²) in [7, 11) is 1.81. The Hall–Kier alpha value is -2.41. The summed E-state index contributed by atoms with van der Waals surface area (Å²) in [4.78, 5) is 13.0. The molecule has 1 saturated heterocycles. The van der Waals surface area contributed by atoms with E-state index in [1.807, 2.05) is 13.1 Å². The number of nitro groups is 1. The maximum atomic E-state index is 11.0. The molecule has 122 valence electrons. The molecule has 2 heterocycles. The highest BCUT2D eigenvalue weighted by atomic mass is 16.6. The summed E-state index contributed by atoms with van der Waals surface area (Å²) in [6.45, 7) is 3.70. The Morgan fingerprint density at radius 1 is 1.30 bits per heavy atom. The lowest BCUT2D eigenvalue weighted by molar-refractivity contribution is -0.384. The summed E-state index contributed by atoms with van der Waals surface area (Å²) in [5, 5.41) is 15.2. The van der Waals surface area contributed by atoms with E-state index >= 15 is 0 Å². The number of non-ortho nitro benzene ring substituents is 1. The maximum absolute atomic E-state index is 11.0. The SMILES string of the molecule is Cn1nccc1-c1cc([N+](=O)[O-])ccc1OCCN1CCCC1. The van der Waals surface area contributed by atoms with Crippen LogP contribution in [0.4, 0.5) is 5.69 Å². The topological polar surface area (TPSA) is 73.4 Å². The van der Waals surface area contributed by atoms with Gasteiger partial charge in [-0.05, 0) is 38.1 Å². The van der Waals surface area contributed by atoms with Crippen LogP contribution in [-0.4, -0.2) is 45.8 Å². The van der Waals surface area contributed by atoms with E-state index in [0.717, 1.165) is 25.3 Å². The first kappa shape index (κ1) is 15.5. The summed E-state index contributed by atoms with van der Waals surface area (Å²) in [5.74, 6) is 0.651. The van der Waals surface area contributed by atoms with Gasteiger partial charge in [0.2, 0.25) is 0 Å². The quantitative estimate of drug-likeness (QED) is 0.604. The molecule has 1 aliphatic heterocycles. The number of nitrogens with zero attached hydrogens (tertiary/aromatic N) is 4. The zero-order chi connectivity index (χ0) is 16.2. The molecule has 3 rings (SSSR count). The lowest BCUT2D eigenvalue weighted by Crippen LogP contribution is -2.25. The fourth-order valence-corrected chi connectivity index (χ4v) is 2.89. The van der Waals surface area contributed by atoms with E-state index in [9.17, 15) is 10.1 Å². The van der Waals surface area contributed by atoms with Gasteiger partial charge in [0.25, 0.3) is 5.69 Å². The second-order valence-corrected chi connectivity index (χ2v) is 5.67. The van der Waals surface area contributed by atoms with Gasteiger partial charge < -0.3 is 4.74 Å². The number of hydrogen-bond acceptors (Lipinski definition) is 5. The predicted octanol–water partition coefficient (Wildman–Crippen LogP) is 2.47. The molecule has 0 atom stereocenters. The monoisotopic (exact) mass is 316 g/mol. The molecular formula is C16H20N4O3. The van der Waals surface area contributed by atoms with Gasteiger partial charge in [-0.2, -0.15) is 5.10 Å². The first-order valence-electron chi connectivity index (χ1n) is 7.77. The van der Waals surface area contributed by atoms with E-state index < -0.39 is 4.92 Å². The van der Waals surface area contributed by atoms with Crippen LogP contribution in [0.2, 0.25) is 0 Å². The summed E-state index contributed by atoms with van der Waals surface area (Å²) in [6, 6.07) is 6.52. The molecule has 23 heavy (non-hydrogen) atoms. The molecule has 1 aromatic carbocycles. The normalized spacial score (nSPS) is 15.0. The molecule has 0 radical (unpaired) electrons. The Kier molecular flexibility index (Phi) is 4.57. The standard InChI is InChI=1S/C16H20N4O3/c1-18-15(6-7-17-18)14-12-13(20(21)22)4-5-16(14)23-11-10-19-8-2-3-9-19/h4-7,12H,2-3,8-11H2,1H3. The van der Waals surface area contributed by atoms with Gasteiger partial charge >= 0.3 is 0 Å². The van der Waals surface area contributed by atoms with Crippen LogP contribution in [0.1, 0.15) is 12.8 Å². The van der Waals surface area contributed by atoms with Crippen LogP contribution in [0.15, 0.2) is 30.5 Å². The number of benzene rings is 1. The van der Waals surface area contributed by atoms with Gasteiger partial charge in [0.05, 0.1) is 10.6 Å². The molecular weight excluding hydrogens is 296 g/mol. The van der Waals surface area contributed by atoms with Crippen molar-refractivity contribution in [1.29, 1.82) is 0 Å². The first-order chi connectivity index (χ1) is 11.1. The van der Waals surface area contributed by atoms with E-state index in [0.29, 0.717) is 17.9 Å². The van der Waals surface area contributed by atoms with Crippen molar-refractivity contribution < 1.29 is 9.66 Å². The number of aryl methyl sites for hydroxylation is 1. The number of likely N-dealkylation sites (tertiary alicyclic amines) is 1. The van der Waals surface area contributed by atoms with Crippen molar-refractivity contribution in [2.24, 2.45) is 7.05 Å². The second kappa shape index (κ2) is 6.78. The Morgan fingerprint density at radius 2 is 2.09 bits per heavy atom. The highest BCUT2D eigenvalue weighted by molar-refractivity contribution is 5.70. The predicted molar refractivity (Wildman–Crippen MR) is 86.5 cm³/mol. The van der Waals surface area contributed by atoms with Crippen LogP contribution in [0.25, 0.3) is 11.3 Å². The average Bonchev–Trinajstić information content (AvgIpc) is 3.19. The van der Waals surface area contributed by atoms with E-state index in [1.165, 1.54) is 18.9 Å². The third-order valence-corrected chi connectivity index (χ3v) is 4.13. The van der Waals surface area contributed by atoms with Gasteiger partial charge in [-0.1, -0.05) is 0 Å². The minimum atomic E-state index is -0.395. The summed E-state index contributed by atoms with van der Waals surface area (Å²) in [6.07, 6.45) is 4.16. The van der Waals surface area contributed by atoms with E-state index in [2.05, 4.69) is 10.00 Å². The maximum Gasteiger partial charge on any atom is 0.270 e. The van der Waals surface area contributed by atoms with Crippen molar-refractivity contribution >= 4 is 5.69 Å². The molecule has 0 N–H and O–H groups in total. The van der Waals surface area contributed by atoms with Gasteiger partial charge in [0.1, 0.15) is 12.4 Å². The Morgan fingerprint density at radius 3 is 2.74 bits per heavy atom. The van der Waals surface area contributed by atoms with Crippen LogP contribution >= 0.6 is 0 Å². The van der Waals surface area contributed by atoms with Crippen molar-refractivity contribution in [1.82, 2.24) is 14.7 Å². The lowest BCUT2D eigenvalue weighted by atomic mass is 10.1. The van der Waals surface area contributed by atoms with Crippen molar-refractivity contribution in [2.45, 2.75) is 12.8 Å². The number of hydrogen-bond donors (Lipinski definition) is 0. The Labute approximate surface area is 134 Å². The van der Waals surface area contributed by atoms with Crippen molar-refractivity contribution in [3.8, 4) is 17.0 Å². The molecule has 1 aromatic heterocycles. The van der Waals surface area contributed by atoms with Crippen molar-refractivity contribution in [3.05, 3.63) is 40.6 Å². The number of ether oxygens (including phenoxy) is 1. The molecule has 0 unspecified atom stereocenters. The van der Waals surface area contributed by atoms with Gasteiger partial charge in [-0.15, -0.1) is 0 Å². The molecule has 0 saturated carbocycles. The lowest BCUT2D eigenvalue weighted by Gasteiger charge is -2.16. The minimum absolute atomic E-state index is 0.0492. The fourth-order valence-electron chi connectivity index (χ4n) is 2.89. The van der Waals surface area contributed by atoms with Crippen LogP contribution in [0.3, 0.4) is 0 Å². The van der Waals surface area contributed by atoms with Crippen LogP contribution in [-0.2, 0) is 7.05 Å². The smallest absolute Gasteiger partial charge is 0.270 e. The summed E-state index contributed by atoms with van der Waals surface area (Å²) >= 11 is 0. The summed E-state index contributed by atoms with van der Waals surface area (Å²) < 4.78 is 7.59. The van der Waals surface area contributed by atoms with Crippen LogP contribution in [0, 0.1) is 10.1 Å². The third kappa shape index (κ3) is 3.50. The Bertz CT molecular complexity index is 692. The molecule has 0 aliphatic carbocycles. The van der Waals surface area contributed by atoms with Gasteiger partial charge in [0, 0.05) is 37.5 Å². The van der Waals surface area contributed by atoms with E-state index in [-0.39, 0.29) is 5.69 Å². The molecule has 7 nitrogen and oxygen atoms in total. The van der Waals surface area contributed by atoms with Gasteiger partial charge in [-0.25, -0.2) is 0 Å². The van der Waals surface area contributed by atoms with Crippen molar-refractivity contribution in [3.63, 3.8) is 0 Å². The zero-order valence-corrected chi connectivity index (χ0v) is 13.1. The second-order valence-electron chi connectivity index (χ2n) is 5.67.